The largest absolute Gasteiger partial charge is 0.481 e. The van der Waals surface area contributed by atoms with E-state index in [1.165, 1.54) is 6.42 Å². The zero-order chi connectivity index (χ0) is 15.7. The number of hydrogen-bond donors (Lipinski definition) is 1. The van der Waals surface area contributed by atoms with Gasteiger partial charge in [0, 0.05) is 25.1 Å². The van der Waals surface area contributed by atoms with Crippen molar-refractivity contribution in [2.45, 2.75) is 38.2 Å². The highest BCUT2D eigenvalue weighted by molar-refractivity contribution is 5.44. The Balaban J connectivity index is 1.85. The SMILES string of the molecule is CC[C@@]1(O)CCC[C@@H]2CN(c3cc(OC)nc(OC)n3)C[C@@H]21. The smallest absolute Gasteiger partial charge is 0.321 e. The molecule has 6 heteroatoms. The van der Waals surface area contributed by atoms with Crippen molar-refractivity contribution in [2.24, 2.45) is 11.8 Å². The molecule has 0 aromatic carbocycles. The first-order valence-corrected chi connectivity index (χ1v) is 8.04. The third-order valence-corrected chi connectivity index (χ3v) is 5.31. The lowest BCUT2D eigenvalue weighted by atomic mass is 9.69. The fourth-order valence-corrected chi connectivity index (χ4v) is 4.00. The maximum atomic E-state index is 10.9. The van der Waals surface area contributed by atoms with Crippen LogP contribution in [0.25, 0.3) is 0 Å². The van der Waals surface area contributed by atoms with Crippen LogP contribution in [0.5, 0.6) is 11.9 Å². The molecule has 0 amide bonds. The maximum absolute atomic E-state index is 10.9. The van der Waals surface area contributed by atoms with Gasteiger partial charge in [-0.25, -0.2) is 0 Å². The van der Waals surface area contributed by atoms with E-state index in [-0.39, 0.29) is 0 Å². The van der Waals surface area contributed by atoms with Crippen molar-refractivity contribution in [3.05, 3.63) is 6.07 Å². The summed E-state index contributed by atoms with van der Waals surface area (Å²) < 4.78 is 10.4. The van der Waals surface area contributed by atoms with Gasteiger partial charge in [0.1, 0.15) is 5.82 Å². The third-order valence-electron chi connectivity index (χ3n) is 5.31. The van der Waals surface area contributed by atoms with Gasteiger partial charge in [-0.2, -0.15) is 9.97 Å². The van der Waals surface area contributed by atoms with Crippen molar-refractivity contribution in [3.63, 3.8) is 0 Å². The van der Waals surface area contributed by atoms with Gasteiger partial charge in [-0.15, -0.1) is 0 Å². The van der Waals surface area contributed by atoms with E-state index < -0.39 is 5.60 Å². The normalized spacial score (nSPS) is 31.0. The van der Waals surface area contributed by atoms with Crippen LogP contribution < -0.4 is 14.4 Å². The van der Waals surface area contributed by atoms with Crippen LogP contribution in [0.4, 0.5) is 5.82 Å². The molecule has 6 nitrogen and oxygen atoms in total. The van der Waals surface area contributed by atoms with Crippen LogP contribution in [0.2, 0.25) is 0 Å². The van der Waals surface area contributed by atoms with Gasteiger partial charge in [-0.3, -0.25) is 0 Å². The minimum atomic E-state index is -0.529. The molecule has 1 aromatic rings. The molecule has 2 fully saturated rings. The molecule has 22 heavy (non-hydrogen) atoms. The van der Waals surface area contributed by atoms with Gasteiger partial charge < -0.3 is 19.5 Å². The Morgan fingerprint density at radius 1 is 1.32 bits per heavy atom. The van der Waals surface area contributed by atoms with Gasteiger partial charge in [0.05, 0.1) is 19.8 Å². The lowest BCUT2D eigenvalue weighted by Crippen LogP contribution is -2.44. The Kier molecular flexibility index (Phi) is 4.12. The molecule has 1 N–H and O–H groups in total. The Hall–Kier alpha value is -1.56. The second kappa shape index (κ2) is 5.91. The van der Waals surface area contributed by atoms with Crippen LogP contribution in [0.15, 0.2) is 6.07 Å². The number of ether oxygens (including phenoxy) is 2. The van der Waals surface area contributed by atoms with E-state index in [4.69, 9.17) is 9.47 Å². The van der Waals surface area contributed by atoms with Crippen LogP contribution in [0, 0.1) is 11.8 Å². The highest BCUT2D eigenvalue weighted by atomic mass is 16.5. The number of aromatic nitrogens is 2. The Bertz CT molecular complexity index is 517. The van der Waals surface area contributed by atoms with Gasteiger partial charge in [0.15, 0.2) is 0 Å². The Morgan fingerprint density at radius 2 is 2.14 bits per heavy atom. The van der Waals surface area contributed by atoms with Gasteiger partial charge in [-0.05, 0) is 25.2 Å². The van der Waals surface area contributed by atoms with Crippen LogP contribution >= 0.6 is 0 Å². The molecule has 122 valence electrons. The topological polar surface area (TPSA) is 67.7 Å². The lowest BCUT2D eigenvalue weighted by molar-refractivity contribution is -0.0597. The summed E-state index contributed by atoms with van der Waals surface area (Å²) in [5, 5.41) is 10.9. The van der Waals surface area contributed by atoms with E-state index in [2.05, 4.69) is 21.8 Å². The number of anilines is 1. The van der Waals surface area contributed by atoms with E-state index in [0.717, 1.165) is 38.2 Å². The highest BCUT2D eigenvalue weighted by Crippen LogP contribution is 2.45. The number of rotatable bonds is 4. The minimum Gasteiger partial charge on any atom is -0.481 e. The van der Waals surface area contributed by atoms with E-state index in [1.807, 2.05) is 6.07 Å². The molecule has 1 aromatic heterocycles. The Labute approximate surface area is 131 Å². The molecule has 2 aliphatic rings. The van der Waals surface area contributed by atoms with E-state index in [9.17, 15) is 5.11 Å². The molecule has 3 atom stereocenters. The van der Waals surface area contributed by atoms with E-state index in [1.54, 1.807) is 14.2 Å². The molecule has 0 unspecified atom stereocenters. The van der Waals surface area contributed by atoms with Crippen molar-refractivity contribution < 1.29 is 14.6 Å². The quantitative estimate of drug-likeness (QED) is 0.916. The van der Waals surface area contributed by atoms with Crippen molar-refractivity contribution in [3.8, 4) is 11.9 Å². The summed E-state index contributed by atoms with van der Waals surface area (Å²) >= 11 is 0. The monoisotopic (exact) mass is 307 g/mol. The Morgan fingerprint density at radius 3 is 2.82 bits per heavy atom. The van der Waals surface area contributed by atoms with Crippen molar-refractivity contribution in [1.82, 2.24) is 9.97 Å². The molecular formula is C16H25N3O3. The summed E-state index contributed by atoms with van der Waals surface area (Å²) in [5.41, 5.74) is -0.529. The molecule has 1 saturated heterocycles. The summed E-state index contributed by atoms with van der Waals surface area (Å²) in [6.45, 7) is 3.84. The minimum absolute atomic E-state index is 0.315. The average Bonchev–Trinajstić information content (AvgIpc) is 3.00. The summed E-state index contributed by atoms with van der Waals surface area (Å²) in [5.74, 6) is 2.17. The lowest BCUT2D eigenvalue weighted by Gasteiger charge is -2.40. The summed E-state index contributed by atoms with van der Waals surface area (Å²) in [6, 6.07) is 2.15. The fraction of sp³-hybridized carbons (Fsp3) is 0.750. The summed E-state index contributed by atoms with van der Waals surface area (Å²) in [4.78, 5) is 10.8. The number of nitrogens with zero attached hydrogens (tertiary/aromatic N) is 3. The molecule has 2 heterocycles. The van der Waals surface area contributed by atoms with Crippen molar-refractivity contribution in [2.75, 3.05) is 32.2 Å². The average molecular weight is 307 g/mol. The number of aliphatic hydroxyl groups is 1. The van der Waals surface area contributed by atoms with E-state index >= 15 is 0 Å². The van der Waals surface area contributed by atoms with Crippen LogP contribution in [0.1, 0.15) is 32.6 Å². The first kappa shape index (κ1) is 15.3. The first-order chi connectivity index (χ1) is 10.6. The highest BCUT2D eigenvalue weighted by Gasteiger charge is 2.48. The maximum Gasteiger partial charge on any atom is 0.321 e. The second-order valence-corrected chi connectivity index (χ2v) is 6.38. The first-order valence-electron chi connectivity index (χ1n) is 8.04. The molecule has 0 radical (unpaired) electrons. The second-order valence-electron chi connectivity index (χ2n) is 6.38. The third kappa shape index (κ3) is 2.60. The molecule has 1 saturated carbocycles. The zero-order valence-corrected chi connectivity index (χ0v) is 13.6. The van der Waals surface area contributed by atoms with Crippen molar-refractivity contribution >= 4 is 5.82 Å². The predicted molar refractivity (Wildman–Crippen MR) is 83.4 cm³/mol. The van der Waals surface area contributed by atoms with Crippen molar-refractivity contribution in [1.29, 1.82) is 0 Å². The molecule has 1 aliphatic carbocycles. The van der Waals surface area contributed by atoms with E-state index in [0.29, 0.717) is 23.7 Å². The summed E-state index contributed by atoms with van der Waals surface area (Å²) in [7, 11) is 3.14. The molecule has 0 bridgehead atoms. The molecule has 1 aliphatic heterocycles. The number of hydrogen-bond acceptors (Lipinski definition) is 6. The number of methoxy groups -OCH3 is 2. The zero-order valence-electron chi connectivity index (χ0n) is 13.6. The number of fused-ring (bicyclic) bond motifs is 1. The standard InChI is InChI=1S/C16H25N3O3/c1-4-16(20)7-5-6-11-9-19(10-12(11)16)13-8-14(21-2)18-15(17-13)22-3/h8,11-12,20H,4-7,9-10H2,1-3H3/t11-,12+,16-/m1/s1. The molecular weight excluding hydrogens is 282 g/mol. The van der Waals surface area contributed by atoms with Gasteiger partial charge >= 0.3 is 6.01 Å². The van der Waals surface area contributed by atoms with Gasteiger partial charge in [0.25, 0.3) is 0 Å². The summed E-state index contributed by atoms with van der Waals surface area (Å²) in [6.07, 6.45) is 4.02. The van der Waals surface area contributed by atoms with Crippen LogP contribution in [-0.2, 0) is 0 Å². The molecule has 3 rings (SSSR count). The molecule has 0 spiro atoms. The van der Waals surface area contributed by atoms with Crippen LogP contribution in [0.3, 0.4) is 0 Å². The van der Waals surface area contributed by atoms with Gasteiger partial charge in [-0.1, -0.05) is 13.3 Å². The van der Waals surface area contributed by atoms with Crippen LogP contribution in [-0.4, -0.2) is 48.0 Å². The fourth-order valence-electron chi connectivity index (χ4n) is 4.00. The predicted octanol–water partition coefficient (Wildman–Crippen LogP) is 1.87. The van der Waals surface area contributed by atoms with Gasteiger partial charge in [0.2, 0.25) is 5.88 Å².